The summed E-state index contributed by atoms with van der Waals surface area (Å²) < 4.78 is 4.96. The highest BCUT2D eigenvalue weighted by atomic mass is 15.2. The summed E-state index contributed by atoms with van der Waals surface area (Å²) in [5.41, 5.74) is 16.4. The molecule has 0 aliphatic heterocycles. The molecule has 2 heteroatoms. The SMILES string of the molecule is CC(C)c1cc(C(C)C)c(-c2ccc(-c3cc(C(C)C)c(-n4c(C(C)C)[n+](C)c5ccccc54)c(C(C)C)c3)cc2)c(C(C)C)c1. The van der Waals surface area contributed by atoms with Crippen molar-refractivity contribution in [3.05, 3.63) is 106 Å². The third-order valence-electron chi connectivity index (χ3n) is 9.85. The van der Waals surface area contributed by atoms with E-state index in [-0.39, 0.29) is 0 Å². The number of hydrogen-bond acceptors (Lipinski definition) is 0. The summed E-state index contributed by atoms with van der Waals surface area (Å²) in [6, 6.07) is 28.2. The Balaban J connectivity index is 1.72. The number of fused-ring (bicyclic) bond motifs is 1. The number of nitrogens with zero attached hydrogens (tertiary/aromatic N) is 2. The van der Waals surface area contributed by atoms with E-state index in [1.54, 1.807) is 0 Å². The molecule has 242 valence electrons. The fourth-order valence-electron chi connectivity index (χ4n) is 7.32. The van der Waals surface area contributed by atoms with Gasteiger partial charge in [-0.15, -0.1) is 0 Å². The van der Waals surface area contributed by atoms with E-state index in [0.717, 1.165) is 0 Å². The lowest BCUT2D eigenvalue weighted by Gasteiger charge is -2.23. The van der Waals surface area contributed by atoms with Gasteiger partial charge in [0.2, 0.25) is 0 Å². The summed E-state index contributed by atoms with van der Waals surface area (Å²) in [6.07, 6.45) is 0. The van der Waals surface area contributed by atoms with Crippen LogP contribution in [0.4, 0.5) is 0 Å². The maximum atomic E-state index is 2.57. The largest absolute Gasteiger partial charge is 0.265 e. The number of aryl methyl sites for hydroxylation is 1. The second-order valence-electron chi connectivity index (χ2n) is 15.3. The molecule has 1 aromatic heterocycles. The summed E-state index contributed by atoms with van der Waals surface area (Å²) in [7, 11) is 2.22. The van der Waals surface area contributed by atoms with Crippen molar-refractivity contribution < 1.29 is 4.57 Å². The number of hydrogen-bond donors (Lipinski definition) is 0. The van der Waals surface area contributed by atoms with Gasteiger partial charge in [0.15, 0.2) is 11.0 Å². The molecule has 4 aromatic carbocycles. The molecule has 0 N–H and O–H groups in total. The summed E-state index contributed by atoms with van der Waals surface area (Å²) >= 11 is 0. The van der Waals surface area contributed by atoms with Crippen LogP contribution < -0.4 is 4.57 Å². The van der Waals surface area contributed by atoms with Crippen molar-refractivity contribution in [2.45, 2.75) is 119 Å². The van der Waals surface area contributed by atoms with Gasteiger partial charge in [-0.1, -0.05) is 132 Å². The number of para-hydroxylation sites is 2. The van der Waals surface area contributed by atoms with Crippen molar-refractivity contribution in [3.63, 3.8) is 0 Å². The normalized spacial score (nSPS) is 12.3. The van der Waals surface area contributed by atoms with Crippen LogP contribution in [0.5, 0.6) is 0 Å². The molecule has 2 nitrogen and oxygen atoms in total. The molecule has 0 unspecified atom stereocenters. The highest BCUT2D eigenvalue weighted by Gasteiger charge is 2.31. The van der Waals surface area contributed by atoms with Gasteiger partial charge in [0, 0.05) is 11.1 Å². The molecule has 0 bridgehead atoms. The summed E-state index contributed by atoms with van der Waals surface area (Å²) in [4.78, 5) is 0. The van der Waals surface area contributed by atoms with Crippen LogP contribution in [0.15, 0.2) is 72.8 Å². The number of rotatable bonds is 9. The van der Waals surface area contributed by atoms with Gasteiger partial charge in [0.25, 0.3) is 5.82 Å². The molecule has 46 heavy (non-hydrogen) atoms. The van der Waals surface area contributed by atoms with Crippen LogP contribution in [0.3, 0.4) is 0 Å². The molecule has 0 saturated heterocycles. The van der Waals surface area contributed by atoms with Gasteiger partial charge in [-0.2, -0.15) is 4.57 Å². The van der Waals surface area contributed by atoms with E-state index < -0.39 is 0 Å². The lowest BCUT2D eigenvalue weighted by molar-refractivity contribution is -0.654. The van der Waals surface area contributed by atoms with E-state index in [2.05, 4.69) is 172 Å². The van der Waals surface area contributed by atoms with E-state index >= 15 is 0 Å². The van der Waals surface area contributed by atoms with Crippen LogP contribution >= 0.6 is 0 Å². The highest BCUT2D eigenvalue weighted by Crippen LogP contribution is 2.42. The minimum Gasteiger partial charge on any atom is -0.229 e. The van der Waals surface area contributed by atoms with Crippen molar-refractivity contribution in [1.82, 2.24) is 4.57 Å². The van der Waals surface area contributed by atoms with E-state index in [1.807, 2.05) is 0 Å². The molecule has 0 amide bonds. The Morgan fingerprint density at radius 3 is 1.41 bits per heavy atom. The van der Waals surface area contributed by atoms with Crippen LogP contribution in [0.25, 0.3) is 39.0 Å². The van der Waals surface area contributed by atoms with Crippen LogP contribution in [-0.4, -0.2) is 4.57 Å². The molecule has 1 heterocycles. The topological polar surface area (TPSA) is 8.81 Å². The van der Waals surface area contributed by atoms with Crippen molar-refractivity contribution in [3.8, 4) is 27.9 Å². The first kappa shape index (κ1) is 33.7. The third kappa shape index (κ3) is 6.08. The van der Waals surface area contributed by atoms with E-state index in [9.17, 15) is 0 Å². The van der Waals surface area contributed by atoms with E-state index in [4.69, 9.17) is 0 Å². The zero-order chi connectivity index (χ0) is 33.6. The van der Waals surface area contributed by atoms with Crippen LogP contribution in [0.2, 0.25) is 0 Å². The minimum atomic E-state index is 0.375. The summed E-state index contributed by atoms with van der Waals surface area (Å²) in [5.74, 6) is 3.91. The zero-order valence-corrected chi connectivity index (χ0v) is 30.8. The first-order valence-corrected chi connectivity index (χ1v) is 17.7. The predicted molar refractivity (Wildman–Crippen MR) is 200 cm³/mol. The molecule has 5 aromatic rings. The molecular weight excluding hydrogens is 556 g/mol. The number of benzene rings is 4. The Morgan fingerprint density at radius 1 is 0.478 bits per heavy atom. The van der Waals surface area contributed by atoms with Gasteiger partial charge in [0.05, 0.1) is 13.0 Å². The van der Waals surface area contributed by atoms with E-state index in [1.165, 1.54) is 72.6 Å². The first-order chi connectivity index (χ1) is 21.7. The fourth-order valence-corrected chi connectivity index (χ4v) is 7.32. The molecule has 0 aliphatic rings. The van der Waals surface area contributed by atoms with Crippen LogP contribution in [0.1, 0.15) is 152 Å². The van der Waals surface area contributed by atoms with Gasteiger partial charge < -0.3 is 0 Å². The second kappa shape index (κ2) is 13.2. The van der Waals surface area contributed by atoms with E-state index in [0.29, 0.717) is 35.5 Å². The van der Waals surface area contributed by atoms with Crippen LogP contribution in [-0.2, 0) is 7.05 Å². The number of imidazole rings is 1. The van der Waals surface area contributed by atoms with Gasteiger partial charge in [0.1, 0.15) is 5.69 Å². The fraction of sp³-hybridized carbons (Fsp3) is 0.432. The average molecular weight is 614 g/mol. The second-order valence-corrected chi connectivity index (χ2v) is 15.3. The lowest BCUT2D eigenvalue weighted by atomic mass is 9.81. The standard InChI is InChI=1S/C44H57N2/c1-26(2)34-22-36(27(3)4)42(37(23-34)28(5)6)33-20-18-32(19-21-33)35-24-38(29(7)8)43(39(25-35)30(9)10)46-41-17-15-14-16-40(41)45(13)44(46)31(11)12/h14-31H,1-13H3/q+1. The van der Waals surface area contributed by atoms with Crippen LogP contribution in [0, 0.1) is 0 Å². The number of aromatic nitrogens is 2. The smallest absolute Gasteiger partial charge is 0.229 e. The predicted octanol–water partition coefficient (Wildman–Crippen LogP) is 12.5. The molecule has 5 rings (SSSR count). The molecule has 0 spiro atoms. The molecular formula is C44H57N2+. The molecule has 0 saturated carbocycles. The lowest BCUT2D eigenvalue weighted by Crippen LogP contribution is -2.34. The molecule has 0 atom stereocenters. The van der Waals surface area contributed by atoms with Crippen molar-refractivity contribution in [1.29, 1.82) is 0 Å². The third-order valence-corrected chi connectivity index (χ3v) is 9.85. The highest BCUT2D eigenvalue weighted by molar-refractivity contribution is 5.80. The Bertz CT molecular complexity index is 1780. The Labute approximate surface area is 279 Å². The van der Waals surface area contributed by atoms with Gasteiger partial charge in [-0.05, 0) is 92.8 Å². The van der Waals surface area contributed by atoms with Gasteiger partial charge >= 0.3 is 0 Å². The Hall–Kier alpha value is -3.65. The quantitative estimate of drug-likeness (QED) is 0.146. The van der Waals surface area contributed by atoms with Crippen molar-refractivity contribution in [2.24, 2.45) is 7.05 Å². The van der Waals surface area contributed by atoms with Gasteiger partial charge in [-0.3, -0.25) is 0 Å². The minimum absolute atomic E-state index is 0.375. The summed E-state index contributed by atoms with van der Waals surface area (Å²) in [6.45, 7) is 28.0. The van der Waals surface area contributed by atoms with Crippen molar-refractivity contribution >= 4 is 11.0 Å². The molecule has 0 aliphatic carbocycles. The molecule has 0 fully saturated rings. The summed E-state index contributed by atoms with van der Waals surface area (Å²) in [5, 5.41) is 0. The first-order valence-electron chi connectivity index (χ1n) is 17.7. The molecule has 0 radical (unpaired) electrons. The Morgan fingerprint density at radius 2 is 0.957 bits per heavy atom. The van der Waals surface area contributed by atoms with Crippen molar-refractivity contribution in [2.75, 3.05) is 0 Å². The maximum absolute atomic E-state index is 2.57. The van der Waals surface area contributed by atoms with Gasteiger partial charge in [-0.25, -0.2) is 4.57 Å². The average Bonchev–Trinajstić information content (AvgIpc) is 3.31. The maximum Gasteiger partial charge on any atom is 0.265 e. The monoisotopic (exact) mass is 613 g/mol. The Kier molecular flexibility index (Phi) is 9.69. The zero-order valence-electron chi connectivity index (χ0n) is 30.8.